The Labute approximate surface area is 69.6 Å². The highest BCUT2D eigenvalue weighted by molar-refractivity contribution is 4.79. The molecule has 0 aromatic carbocycles. The van der Waals surface area contributed by atoms with Crippen LogP contribution in [0.15, 0.2) is 12.2 Å². The van der Waals surface area contributed by atoms with Gasteiger partial charge >= 0.3 is 0 Å². The third-order valence-corrected chi connectivity index (χ3v) is 0.842. The summed E-state index contributed by atoms with van der Waals surface area (Å²) in [5.41, 5.74) is 0. The van der Waals surface area contributed by atoms with E-state index in [4.69, 9.17) is 10.2 Å². The lowest BCUT2D eigenvalue weighted by atomic mass is 10.2. The fourth-order valence-electron chi connectivity index (χ4n) is 0.385. The molecule has 2 nitrogen and oxygen atoms in total. The monoisotopic (exact) mass is 160 g/mol. The predicted molar refractivity (Wildman–Crippen MR) is 48.4 cm³/mol. The maximum absolute atomic E-state index is 8.11. The van der Waals surface area contributed by atoms with Crippen LogP contribution in [0.1, 0.15) is 27.7 Å². The van der Waals surface area contributed by atoms with E-state index in [0.29, 0.717) is 0 Å². The molecule has 0 aliphatic rings. The molecule has 0 spiro atoms. The van der Waals surface area contributed by atoms with Gasteiger partial charge in [0.05, 0.1) is 12.7 Å². The van der Waals surface area contributed by atoms with Crippen LogP contribution in [0.2, 0.25) is 0 Å². The van der Waals surface area contributed by atoms with Crippen molar-refractivity contribution in [1.29, 1.82) is 0 Å². The van der Waals surface area contributed by atoms with Gasteiger partial charge in [-0.05, 0) is 19.8 Å². The molecule has 0 amide bonds. The van der Waals surface area contributed by atoms with Crippen LogP contribution in [-0.2, 0) is 0 Å². The Morgan fingerprint density at radius 2 is 1.64 bits per heavy atom. The zero-order valence-corrected chi connectivity index (χ0v) is 7.91. The molecular weight excluding hydrogens is 140 g/mol. The van der Waals surface area contributed by atoms with E-state index < -0.39 is 6.10 Å². The van der Waals surface area contributed by atoms with Crippen molar-refractivity contribution in [3.05, 3.63) is 12.2 Å². The Bertz CT molecular complexity index is 85.6. The SMILES string of the molecule is CC(O)CO.CC=CC(C)C. The Hall–Kier alpha value is -0.340. The van der Waals surface area contributed by atoms with Crippen LogP contribution < -0.4 is 0 Å². The zero-order valence-electron chi connectivity index (χ0n) is 7.91. The van der Waals surface area contributed by atoms with E-state index in [-0.39, 0.29) is 6.61 Å². The lowest BCUT2D eigenvalue weighted by Gasteiger charge is -1.90. The summed E-state index contributed by atoms with van der Waals surface area (Å²) in [5.74, 6) is 0.718. The highest BCUT2D eigenvalue weighted by atomic mass is 16.3. The highest BCUT2D eigenvalue weighted by Crippen LogP contribution is 1.90. The molecule has 0 aromatic heterocycles. The summed E-state index contributed by atoms with van der Waals surface area (Å²) < 4.78 is 0. The minimum absolute atomic E-state index is 0.139. The molecule has 1 unspecified atom stereocenters. The second-order valence-corrected chi connectivity index (χ2v) is 2.80. The van der Waals surface area contributed by atoms with Gasteiger partial charge in [0, 0.05) is 0 Å². The van der Waals surface area contributed by atoms with Gasteiger partial charge in [-0.3, -0.25) is 0 Å². The van der Waals surface area contributed by atoms with E-state index in [1.807, 2.05) is 6.92 Å². The second kappa shape index (κ2) is 9.66. The summed E-state index contributed by atoms with van der Waals surface area (Å²) in [6, 6.07) is 0. The highest BCUT2D eigenvalue weighted by Gasteiger charge is 1.83. The number of rotatable bonds is 2. The van der Waals surface area contributed by atoms with Crippen molar-refractivity contribution in [3.8, 4) is 0 Å². The van der Waals surface area contributed by atoms with Gasteiger partial charge in [-0.25, -0.2) is 0 Å². The minimum atomic E-state index is -0.560. The number of aliphatic hydroxyl groups is 2. The normalized spacial score (nSPS) is 13.0. The van der Waals surface area contributed by atoms with Crippen LogP contribution in [0, 0.1) is 5.92 Å². The maximum Gasteiger partial charge on any atom is 0.0742 e. The second-order valence-electron chi connectivity index (χ2n) is 2.80. The molecule has 68 valence electrons. The van der Waals surface area contributed by atoms with E-state index in [9.17, 15) is 0 Å². The van der Waals surface area contributed by atoms with Crippen molar-refractivity contribution in [2.75, 3.05) is 6.61 Å². The Kier molecular flexibility index (Phi) is 11.6. The summed E-state index contributed by atoms with van der Waals surface area (Å²) in [4.78, 5) is 0. The van der Waals surface area contributed by atoms with Crippen LogP contribution in [0.5, 0.6) is 0 Å². The smallest absolute Gasteiger partial charge is 0.0742 e. The van der Waals surface area contributed by atoms with Crippen LogP contribution >= 0.6 is 0 Å². The molecule has 0 bridgehead atoms. The minimum Gasteiger partial charge on any atom is -0.394 e. The van der Waals surface area contributed by atoms with Crippen molar-refractivity contribution in [2.24, 2.45) is 5.92 Å². The zero-order chi connectivity index (χ0) is 9.28. The first-order valence-corrected chi connectivity index (χ1v) is 3.96. The largest absolute Gasteiger partial charge is 0.394 e. The topological polar surface area (TPSA) is 40.5 Å². The molecule has 0 aliphatic carbocycles. The average Bonchev–Trinajstić information content (AvgIpc) is 1.89. The first-order valence-electron chi connectivity index (χ1n) is 3.96. The lowest BCUT2D eigenvalue weighted by molar-refractivity contribution is 0.110. The summed E-state index contributed by atoms with van der Waals surface area (Å²) in [6.45, 7) is 7.76. The van der Waals surface area contributed by atoms with Gasteiger partial charge in [0.1, 0.15) is 0 Å². The number of allylic oxidation sites excluding steroid dienone is 2. The fraction of sp³-hybridized carbons (Fsp3) is 0.778. The molecular formula is C9H20O2. The molecule has 2 N–H and O–H groups in total. The maximum atomic E-state index is 8.11. The standard InChI is InChI=1S/C6H12.C3H8O2/c1-4-5-6(2)3;1-3(5)2-4/h4-6H,1-3H3;3-5H,2H2,1H3. The molecule has 0 fully saturated rings. The van der Waals surface area contributed by atoms with Crippen molar-refractivity contribution in [2.45, 2.75) is 33.8 Å². The van der Waals surface area contributed by atoms with Gasteiger partial charge in [-0.1, -0.05) is 26.0 Å². The molecule has 0 aliphatic heterocycles. The summed E-state index contributed by atoms with van der Waals surface area (Å²) in [6.07, 6.45) is 3.68. The molecule has 2 heteroatoms. The van der Waals surface area contributed by atoms with Gasteiger partial charge < -0.3 is 10.2 Å². The van der Waals surface area contributed by atoms with E-state index >= 15 is 0 Å². The van der Waals surface area contributed by atoms with Gasteiger partial charge in [0.2, 0.25) is 0 Å². The molecule has 0 radical (unpaired) electrons. The van der Waals surface area contributed by atoms with E-state index in [1.165, 1.54) is 6.92 Å². The van der Waals surface area contributed by atoms with Crippen LogP contribution in [0.3, 0.4) is 0 Å². The summed E-state index contributed by atoms with van der Waals surface area (Å²) in [5, 5.41) is 16.0. The van der Waals surface area contributed by atoms with Gasteiger partial charge in [-0.15, -0.1) is 0 Å². The van der Waals surface area contributed by atoms with E-state index in [2.05, 4.69) is 26.0 Å². The Morgan fingerprint density at radius 3 is 1.64 bits per heavy atom. The summed E-state index contributed by atoms with van der Waals surface area (Å²) in [7, 11) is 0. The Balaban J connectivity index is 0. The number of aliphatic hydroxyl groups excluding tert-OH is 2. The summed E-state index contributed by atoms with van der Waals surface area (Å²) >= 11 is 0. The lowest BCUT2D eigenvalue weighted by Crippen LogP contribution is -2.03. The molecule has 0 saturated heterocycles. The first kappa shape index (κ1) is 13.3. The van der Waals surface area contributed by atoms with Crippen LogP contribution in [0.4, 0.5) is 0 Å². The first-order chi connectivity index (χ1) is 5.04. The quantitative estimate of drug-likeness (QED) is 0.602. The molecule has 0 heterocycles. The van der Waals surface area contributed by atoms with E-state index in [1.54, 1.807) is 0 Å². The third-order valence-electron chi connectivity index (χ3n) is 0.842. The number of hydrogen-bond donors (Lipinski definition) is 2. The molecule has 0 saturated carbocycles. The van der Waals surface area contributed by atoms with Gasteiger partial charge in [-0.2, -0.15) is 0 Å². The van der Waals surface area contributed by atoms with Crippen molar-refractivity contribution >= 4 is 0 Å². The van der Waals surface area contributed by atoms with E-state index in [0.717, 1.165) is 5.92 Å². The van der Waals surface area contributed by atoms with Crippen molar-refractivity contribution < 1.29 is 10.2 Å². The fourth-order valence-corrected chi connectivity index (χ4v) is 0.385. The molecule has 0 rings (SSSR count). The molecule has 11 heavy (non-hydrogen) atoms. The van der Waals surface area contributed by atoms with Gasteiger partial charge in [0.25, 0.3) is 0 Å². The van der Waals surface area contributed by atoms with Gasteiger partial charge in [0.15, 0.2) is 0 Å². The van der Waals surface area contributed by atoms with Crippen LogP contribution in [0.25, 0.3) is 0 Å². The molecule has 0 aromatic rings. The molecule has 1 atom stereocenters. The van der Waals surface area contributed by atoms with Crippen molar-refractivity contribution in [1.82, 2.24) is 0 Å². The predicted octanol–water partition coefficient (Wildman–Crippen LogP) is 1.58. The average molecular weight is 160 g/mol. The number of hydrogen-bond acceptors (Lipinski definition) is 2. The van der Waals surface area contributed by atoms with Crippen molar-refractivity contribution in [3.63, 3.8) is 0 Å². The van der Waals surface area contributed by atoms with Crippen LogP contribution in [-0.4, -0.2) is 22.9 Å². The third kappa shape index (κ3) is 26.1. The Morgan fingerprint density at radius 1 is 1.27 bits per heavy atom.